The third-order valence-electron chi connectivity index (χ3n) is 2.75. The first-order valence-electron chi connectivity index (χ1n) is 6.99. The Morgan fingerprint density at radius 1 is 1.21 bits per heavy atom. The van der Waals surface area contributed by atoms with E-state index in [-0.39, 0.29) is 6.54 Å². The fraction of sp³-hybridized carbons (Fsp3) is 0.312. The quantitative estimate of drug-likeness (QED) is 0.615. The number of rotatable bonds is 6. The topological polar surface area (TPSA) is 75.7 Å². The van der Waals surface area contributed by atoms with E-state index in [4.69, 9.17) is 27.9 Å². The molecule has 1 rings (SSSR count). The number of likely N-dealkylation sites (N-methyl/N-ethyl adjacent to an activating group) is 1. The highest BCUT2D eigenvalue weighted by molar-refractivity contribution is 6.42. The zero-order valence-electron chi connectivity index (χ0n) is 13.6. The lowest BCUT2D eigenvalue weighted by Gasteiger charge is -2.16. The van der Waals surface area contributed by atoms with Crippen molar-refractivity contribution in [1.29, 1.82) is 0 Å². The molecule has 1 N–H and O–H groups in total. The lowest BCUT2D eigenvalue weighted by molar-refractivity contribution is -0.148. The fourth-order valence-corrected chi connectivity index (χ4v) is 1.90. The van der Waals surface area contributed by atoms with Crippen molar-refractivity contribution in [2.45, 2.75) is 13.8 Å². The normalized spacial score (nSPS) is 9.88. The summed E-state index contributed by atoms with van der Waals surface area (Å²) < 4.78 is 4.79. The SMILES string of the molecule is CC(C)=CC(=O)OCC(=O)N(C)CC(=O)Nc1ccc(Cl)c(Cl)c1. The Morgan fingerprint density at radius 3 is 2.46 bits per heavy atom. The molecule has 130 valence electrons. The van der Waals surface area contributed by atoms with Gasteiger partial charge in [0.25, 0.3) is 5.91 Å². The second-order valence-corrected chi connectivity index (χ2v) is 6.07. The lowest BCUT2D eigenvalue weighted by Crippen LogP contribution is -2.37. The van der Waals surface area contributed by atoms with E-state index in [1.807, 2.05) is 0 Å². The van der Waals surface area contributed by atoms with E-state index in [1.165, 1.54) is 19.2 Å². The minimum Gasteiger partial charge on any atom is -0.452 e. The van der Waals surface area contributed by atoms with Crippen molar-refractivity contribution in [3.63, 3.8) is 0 Å². The third kappa shape index (κ3) is 7.02. The summed E-state index contributed by atoms with van der Waals surface area (Å²) in [4.78, 5) is 36.2. The minimum atomic E-state index is -0.600. The molecule has 0 aliphatic rings. The predicted octanol–water partition coefficient (Wildman–Crippen LogP) is 2.90. The van der Waals surface area contributed by atoms with Crippen LogP contribution in [-0.2, 0) is 19.1 Å². The molecule has 0 saturated carbocycles. The molecular formula is C16H18Cl2N2O4. The number of anilines is 1. The Morgan fingerprint density at radius 2 is 1.88 bits per heavy atom. The molecule has 0 radical (unpaired) electrons. The predicted molar refractivity (Wildman–Crippen MR) is 93.1 cm³/mol. The number of halogens is 2. The number of allylic oxidation sites excluding steroid dienone is 1. The van der Waals surface area contributed by atoms with Crippen LogP contribution in [-0.4, -0.2) is 42.9 Å². The van der Waals surface area contributed by atoms with E-state index < -0.39 is 24.4 Å². The molecule has 0 aliphatic heterocycles. The minimum absolute atomic E-state index is 0.195. The summed E-state index contributed by atoms with van der Waals surface area (Å²) in [6, 6.07) is 4.65. The number of carbonyl (C=O) groups is 3. The Balaban J connectivity index is 2.48. The van der Waals surface area contributed by atoms with Crippen LogP contribution in [0.2, 0.25) is 10.0 Å². The lowest BCUT2D eigenvalue weighted by atomic mass is 10.3. The molecule has 0 bridgehead atoms. The van der Waals surface area contributed by atoms with Crippen LogP contribution < -0.4 is 5.32 Å². The summed E-state index contributed by atoms with van der Waals surface area (Å²) in [5, 5.41) is 3.28. The second kappa shape index (κ2) is 9.30. The molecule has 2 amide bonds. The van der Waals surface area contributed by atoms with E-state index in [2.05, 4.69) is 5.32 Å². The summed E-state index contributed by atoms with van der Waals surface area (Å²) in [6.45, 7) is 2.85. The Bertz CT molecular complexity index is 670. The highest BCUT2D eigenvalue weighted by Gasteiger charge is 2.15. The molecule has 0 atom stereocenters. The molecular weight excluding hydrogens is 355 g/mol. The van der Waals surface area contributed by atoms with Gasteiger partial charge in [-0.25, -0.2) is 4.79 Å². The molecule has 0 saturated heterocycles. The number of ether oxygens (including phenoxy) is 1. The monoisotopic (exact) mass is 372 g/mol. The maximum absolute atomic E-state index is 11.9. The average molecular weight is 373 g/mol. The number of nitrogens with zero attached hydrogens (tertiary/aromatic N) is 1. The van der Waals surface area contributed by atoms with Gasteiger partial charge in [-0.1, -0.05) is 28.8 Å². The van der Waals surface area contributed by atoms with Crippen LogP contribution in [0.4, 0.5) is 5.69 Å². The Kier molecular flexibility index (Phi) is 7.74. The zero-order valence-corrected chi connectivity index (χ0v) is 15.1. The largest absolute Gasteiger partial charge is 0.452 e. The van der Waals surface area contributed by atoms with Gasteiger partial charge in [0.15, 0.2) is 6.61 Å². The molecule has 0 heterocycles. The summed E-state index contributed by atoms with van der Waals surface area (Å²) in [5.74, 6) is -1.51. The number of benzene rings is 1. The number of hydrogen-bond donors (Lipinski definition) is 1. The molecule has 0 spiro atoms. The maximum atomic E-state index is 11.9. The van der Waals surface area contributed by atoms with Crippen LogP contribution in [0.3, 0.4) is 0 Å². The van der Waals surface area contributed by atoms with Gasteiger partial charge in [-0.05, 0) is 32.0 Å². The maximum Gasteiger partial charge on any atom is 0.331 e. The molecule has 0 fully saturated rings. The average Bonchev–Trinajstić information content (AvgIpc) is 2.47. The summed E-state index contributed by atoms with van der Waals surface area (Å²) >= 11 is 11.7. The molecule has 8 heteroatoms. The number of carbonyl (C=O) groups excluding carboxylic acids is 3. The molecule has 6 nitrogen and oxygen atoms in total. The van der Waals surface area contributed by atoms with Crippen molar-refractivity contribution in [3.05, 3.63) is 39.9 Å². The number of nitrogens with one attached hydrogen (secondary N) is 1. The highest BCUT2D eigenvalue weighted by Crippen LogP contribution is 2.24. The first-order valence-corrected chi connectivity index (χ1v) is 7.75. The van der Waals surface area contributed by atoms with Crippen molar-refractivity contribution in [3.8, 4) is 0 Å². The first-order chi connectivity index (χ1) is 11.2. The second-order valence-electron chi connectivity index (χ2n) is 5.26. The van der Waals surface area contributed by atoms with Crippen molar-refractivity contribution in [2.75, 3.05) is 25.5 Å². The number of amides is 2. The molecule has 1 aromatic carbocycles. The Labute approximate surface area is 150 Å². The van der Waals surface area contributed by atoms with Gasteiger partial charge in [-0.15, -0.1) is 0 Å². The summed E-state index contributed by atoms with van der Waals surface area (Å²) in [6.07, 6.45) is 1.28. The van der Waals surface area contributed by atoms with Crippen LogP contribution in [0.15, 0.2) is 29.8 Å². The van der Waals surface area contributed by atoms with Crippen molar-refractivity contribution < 1.29 is 19.1 Å². The number of esters is 1. The fourth-order valence-electron chi connectivity index (χ4n) is 1.60. The third-order valence-corrected chi connectivity index (χ3v) is 3.49. The van der Waals surface area contributed by atoms with Crippen LogP contribution in [0.1, 0.15) is 13.8 Å². The van der Waals surface area contributed by atoms with Crippen LogP contribution in [0.25, 0.3) is 0 Å². The van der Waals surface area contributed by atoms with Gasteiger partial charge >= 0.3 is 5.97 Å². The van der Waals surface area contributed by atoms with Gasteiger partial charge in [0, 0.05) is 18.8 Å². The van der Waals surface area contributed by atoms with Crippen molar-refractivity contribution in [2.24, 2.45) is 0 Å². The van der Waals surface area contributed by atoms with E-state index in [1.54, 1.807) is 26.0 Å². The van der Waals surface area contributed by atoms with Gasteiger partial charge in [-0.3, -0.25) is 9.59 Å². The van der Waals surface area contributed by atoms with Gasteiger partial charge in [0.05, 0.1) is 16.6 Å². The zero-order chi connectivity index (χ0) is 18.3. The van der Waals surface area contributed by atoms with Gasteiger partial charge in [0.1, 0.15) is 0 Å². The smallest absolute Gasteiger partial charge is 0.331 e. The molecule has 1 aromatic rings. The highest BCUT2D eigenvalue weighted by atomic mass is 35.5. The number of hydrogen-bond acceptors (Lipinski definition) is 4. The van der Waals surface area contributed by atoms with E-state index in [0.717, 1.165) is 10.5 Å². The Hall–Kier alpha value is -2.05. The van der Waals surface area contributed by atoms with Gasteiger partial charge < -0.3 is 15.0 Å². The van der Waals surface area contributed by atoms with Gasteiger partial charge in [0.2, 0.25) is 5.91 Å². The van der Waals surface area contributed by atoms with E-state index >= 15 is 0 Å². The van der Waals surface area contributed by atoms with Crippen molar-refractivity contribution in [1.82, 2.24) is 4.90 Å². The van der Waals surface area contributed by atoms with Gasteiger partial charge in [-0.2, -0.15) is 0 Å². The van der Waals surface area contributed by atoms with Crippen LogP contribution >= 0.6 is 23.2 Å². The van der Waals surface area contributed by atoms with Crippen molar-refractivity contribution >= 4 is 46.7 Å². The molecule has 0 aliphatic carbocycles. The molecule has 0 unspecified atom stereocenters. The first kappa shape index (κ1) is 20.0. The summed E-state index contributed by atoms with van der Waals surface area (Å²) in [7, 11) is 1.44. The van der Waals surface area contributed by atoms with Crippen LogP contribution in [0, 0.1) is 0 Å². The van der Waals surface area contributed by atoms with E-state index in [0.29, 0.717) is 15.7 Å². The molecule has 0 aromatic heterocycles. The molecule has 24 heavy (non-hydrogen) atoms. The van der Waals surface area contributed by atoms with E-state index in [9.17, 15) is 14.4 Å². The standard InChI is InChI=1S/C16H18Cl2N2O4/c1-10(2)6-16(23)24-9-15(22)20(3)8-14(21)19-11-4-5-12(17)13(18)7-11/h4-7H,8-9H2,1-3H3,(H,19,21). The van der Waals surface area contributed by atoms with Crippen LogP contribution in [0.5, 0.6) is 0 Å². The summed E-state index contributed by atoms with van der Waals surface area (Å²) in [5.41, 5.74) is 1.23.